The smallest absolute Gasteiger partial charge is 0.258 e. The Balaban J connectivity index is 0.771. The number of ether oxygens (including phenoxy) is 1. The van der Waals surface area contributed by atoms with Gasteiger partial charge in [-0.1, -0.05) is 32.0 Å². The molecule has 2 aromatic carbocycles. The molecule has 0 aliphatic carbocycles. The van der Waals surface area contributed by atoms with Crippen molar-refractivity contribution >= 4 is 45.0 Å². The number of nitrogens with zero attached hydrogens (tertiary/aromatic N) is 8. The molecule has 3 aromatic heterocycles. The van der Waals surface area contributed by atoms with E-state index in [2.05, 4.69) is 48.8 Å². The molecule has 3 saturated heterocycles. The van der Waals surface area contributed by atoms with E-state index in [9.17, 15) is 19.8 Å². The van der Waals surface area contributed by atoms with Crippen LogP contribution in [0, 0.1) is 12.8 Å². The Morgan fingerprint density at radius 2 is 1.56 bits per heavy atom. The summed E-state index contributed by atoms with van der Waals surface area (Å²) in [5.74, 6) is 1.98. The molecule has 9 rings (SSSR count). The maximum Gasteiger partial charge on any atom is 0.258 e. The number of carbonyl (C=O) groups is 2. The van der Waals surface area contributed by atoms with Crippen molar-refractivity contribution < 1.29 is 24.5 Å². The fraction of sp³-hybridized carbons (Fsp3) is 0.457. The summed E-state index contributed by atoms with van der Waals surface area (Å²) in [7, 11) is 0. The molecule has 15 heteroatoms. The van der Waals surface area contributed by atoms with E-state index in [1.54, 1.807) is 28.4 Å². The van der Waals surface area contributed by atoms with Gasteiger partial charge in [0.05, 0.1) is 34.7 Å². The van der Waals surface area contributed by atoms with Crippen molar-refractivity contribution in [1.29, 1.82) is 0 Å². The quantitative estimate of drug-likeness (QED) is 0.166. The highest BCUT2D eigenvalue weighted by molar-refractivity contribution is 7.19. The molecular formula is C46H55N9O5S. The number of thiophene rings is 1. The van der Waals surface area contributed by atoms with Gasteiger partial charge < -0.3 is 35.4 Å². The van der Waals surface area contributed by atoms with Crippen LogP contribution in [0.2, 0.25) is 0 Å². The lowest BCUT2D eigenvalue weighted by Crippen LogP contribution is -2.51. The van der Waals surface area contributed by atoms with E-state index in [0.717, 1.165) is 117 Å². The minimum atomic E-state index is -0.244. The number of rotatable bonds is 9. The van der Waals surface area contributed by atoms with Gasteiger partial charge in [-0.3, -0.25) is 19.4 Å². The Morgan fingerprint density at radius 1 is 0.820 bits per heavy atom. The van der Waals surface area contributed by atoms with E-state index < -0.39 is 0 Å². The maximum atomic E-state index is 13.8. The number of aromatic hydroxyl groups is 2. The molecular weight excluding hydrogens is 791 g/mol. The van der Waals surface area contributed by atoms with Crippen LogP contribution in [0.1, 0.15) is 75.8 Å². The van der Waals surface area contributed by atoms with Crippen LogP contribution in [0.15, 0.2) is 48.5 Å². The molecule has 0 saturated carbocycles. The predicted molar refractivity (Wildman–Crippen MR) is 237 cm³/mol. The first-order valence-electron chi connectivity index (χ1n) is 21.5. The standard InChI is InChI=1S/C46H55N9O5S/c1-28(2)36-22-37(40(57)23-39(36)56)46(59)55-25-32-5-4-30(20-33(32)26-55)24-52-12-14-54(15-13-52)45(58)31-8-10-51(11-9-31)27-34-21-38-42(61-34)44(53-16-18-60-19-17-53)50-43(49-38)35-6-7-41(47)48-29(35)3/h4-7,20-23,28,31,56-57H,8-19,24-27H2,1-3H3,(H2,47,48). The first-order valence-corrected chi connectivity index (χ1v) is 22.3. The summed E-state index contributed by atoms with van der Waals surface area (Å²) < 4.78 is 6.75. The second-order valence-corrected chi connectivity index (χ2v) is 18.4. The molecule has 7 heterocycles. The lowest BCUT2D eigenvalue weighted by atomic mass is 9.95. The van der Waals surface area contributed by atoms with Gasteiger partial charge in [0.2, 0.25) is 5.91 Å². The van der Waals surface area contributed by atoms with E-state index in [1.165, 1.54) is 16.5 Å². The number of amides is 2. The molecule has 0 atom stereocenters. The number of likely N-dealkylation sites (tertiary alicyclic amines) is 1. The average Bonchev–Trinajstić information content (AvgIpc) is 3.87. The van der Waals surface area contributed by atoms with Crippen molar-refractivity contribution in [2.24, 2.45) is 5.92 Å². The summed E-state index contributed by atoms with van der Waals surface area (Å²) in [5.41, 5.74) is 12.8. The summed E-state index contributed by atoms with van der Waals surface area (Å²) in [6, 6.07) is 15.3. The minimum absolute atomic E-state index is 0.00129. The maximum absolute atomic E-state index is 13.8. The highest BCUT2D eigenvalue weighted by Crippen LogP contribution is 2.37. The second kappa shape index (κ2) is 17.2. The summed E-state index contributed by atoms with van der Waals surface area (Å²) in [4.78, 5) is 54.1. The number of aromatic nitrogens is 3. The van der Waals surface area contributed by atoms with Crippen molar-refractivity contribution in [2.45, 2.75) is 65.7 Å². The normalized spacial score (nSPS) is 18.1. The number of pyridine rings is 1. The van der Waals surface area contributed by atoms with Crippen LogP contribution in [0.4, 0.5) is 11.6 Å². The van der Waals surface area contributed by atoms with E-state index in [0.29, 0.717) is 43.5 Å². The van der Waals surface area contributed by atoms with Gasteiger partial charge in [-0.15, -0.1) is 11.3 Å². The second-order valence-electron chi connectivity index (χ2n) is 17.3. The largest absolute Gasteiger partial charge is 0.508 e. The van der Waals surface area contributed by atoms with E-state index >= 15 is 0 Å². The molecule has 0 radical (unpaired) electrons. The molecule has 4 aliphatic heterocycles. The van der Waals surface area contributed by atoms with Crippen LogP contribution in [0.25, 0.3) is 21.6 Å². The van der Waals surface area contributed by atoms with Crippen molar-refractivity contribution in [2.75, 3.05) is 76.2 Å². The number of nitrogen functional groups attached to an aromatic ring is 1. The number of phenols is 2. The Hall–Kier alpha value is -5.35. The van der Waals surface area contributed by atoms with E-state index in [4.69, 9.17) is 20.4 Å². The van der Waals surface area contributed by atoms with Crippen LogP contribution < -0.4 is 10.6 Å². The summed E-state index contributed by atoms with van der Waals surface area (Å²) in [6.07, 6.45) is 1.71. The number of hydrogen-bond donors (Lipinski definition) is 3. The molecule has 0 bridgehead atoms. The van der Waals surface area contributed by atoms with Crippen LogP contribution in [0.5, 0.6) is 11.5 Å². The zero-order valence-corrected chi connectivity index (χ0v) is 36.1. The summed E-state index contributed by atoms with van der Waals surface area (Å²) in [5, 5.41) is 20.8. The molecule has 4 N–H and O–H groups in total. The first kappa shape index (κ1) is 41.0. The zero-order chi connectivity index (χ0) is 42.4. The molecule has 2 amide bonds. The molecule has 320 valence electrons. The number of aryl methyl sites for hydroxylation is 1. The lowest BCUT2D eigenvalue weighted by Gasteiger charge is -2.38. The van der Waals surface area contributed by atoms with Crippen LogP contribution >= 0.6 is 11.3 Å². The zero-order valence-electron chi connectivity index (χ0n) is 35.3. The Labute approximate surface area is 360 Å². The minimum Gasteiger partial charge on any atom is -0.508 e. The molecule has 14 nitrogen and oxygen atoms in total. The molecule has 5 aromatic rings. The molecule has 0 spiro atoms. The van der Waals surface area contributed by atoms with Crippen molar-refractivity contribution in [3.8, 4) is 22.9 Å². The Kier molecular flexibility index (Phi) is 11.6. The molecule has 4 aliphatic rings. The number of piperazine rings is 1. The van der Waals surface area contributed by atoms with Crippen LogP contribution in [0.3, 0.4) is 0 Å². The van der Waals surface area contributed by atoms with Gasteiger partial charge in [-0.2, -0.15) is 0 Å². The first-order chi connectivity index (χ1) is 29.5. The van der Waals surface area contributed by atoms with Gasteiger partial charge in [-0.25, -0.2) is 15.0 Å². The number of morpholine rings is 1. The number of fused-ring (bicyclic) bond motifs is 2. The number of piperidine rings is 1. The third-order valence-electron chi connectivity index (χ3n) is 12.7. The van der Waals surface area contributed by atoms with Gasteiger partial charge in [-0.05, 0) is 85.3 Å². The van der Waals surface area contributed by atoms with Gasteiger partial charge in [0.15, 0.2) is 11.6 Å². The van der Waals surface area contributed by atoms with Crippen LogP contribution in [-0.4, -0.2) is 122 Å². The van der Waals surface area contributed by atoms with E-state index in [-0.39, 0.29) is 40.7 Å². The predicted octanol–water partition coefficient (Wildman–Crippen LogP) is 5.73. The van der Waals surface area contributed by atoms with Crippen molar-refractivity contribution in [3.05, 3.63) is 86.9 Å². The highest BCUT2D eigenvalue weighted by Gasteiger charge is 2.32. The third-order valence-corrected chi connectivity index (χ3v) is 13.9. The number of nitrogens with two attached hydrogens (primary N) is 1. The van der Waals surface area contributed by atoms with Crippen molar-refractivity contribution in [1.82, 2.24) is 34.6 Å². The van der Waals surface area contributed by atoms with Gasteiger partial charge >= 0.3 is 0 Å². The molecule has 0 unspecified atom stereocenters. The van der Waals surface area contributed by atoms with Crippen molar-refractivity contribution in [3.63, 3.8) is 0 Å². The lowest BCUT2D eigenvalue weighted by molar-refractivity contribution is -0.139. The van der Waals surface area contributed by atoms with Crippen LogP contribution in [-0.2, 0) is 35.7 Å². The number of hydrogen-bond acceptors (Lipinski definition) is 13. The molecule has 3 fully saturated rings. The van der Waals surface area contributed by atoms with Gasteiger partial charge in [0.25, 0.3) is 5.91 Å². The monoisotopic (exact) mass is 845 g/mol. The number of anilines is 2. The Morgan fingerprint density at radius 3 is 2.30 bits per heavy atom. The topological polar surface area (TPSA) is 165 Å². The number of benzene rings is 2. The number of phenolic OH excluding ortho intramolecular Hbond substituents is 2. The fourth-order valence-electron chi connectivity index (χ4n) is 9.26. The summed E-state index contributed by atoms with van der Waals surface area (Å²) in [6.45, 7) is 16.1. The van der Waals surface area contributed by atoms with Gasteiger partial charge in [0.1, 0.15) is 17.3 Å². The Bertz CT molecular complexity index is 2450. The van der Waals surface area contributed by atoms with Gasteiger partial charge in [0, 0.05) is 87.9 Å². The number of carbonyl (C=O) groups excluding carboxylic acids is 2. The molecule has 61 heavy (non-hydrogen) atoms. The summed E-state index contributed by atoms with van der Waals surface area (Å²) >= 11 is 1.76. The highest BCUT2D eigenvalue weighted by atomic mass is 32.1. The average molecular weight is 846 g/mol. The van der Waals surface area contributed by atoms with E-state index in [1.807, 2.05) is 26.8 Å². The third kappa shape index (κ3) is 8.61. The SMILES string of the molecule is Cc1nc(N)ccc1-c1nc(N2CCOCC2)c2sc(CN3CCC(C(=O)N4CCN(Cc5ccc6c(c5)CN(C(=O)c5cc(C(C)C)c(O)cc5O)C6)CC4)CC3)cc2n1. The fourth-order valence-corrected chi connectivity index (χ4v) is 10.4.